The van der Waals surface area contributed by atoms with Crippen LogP contribution in [0.1, 0.15) is 11.4 Å². The first-order valence-corrected chi connectivity index (χ1v) is 7.47. The molecule has 0 aliphatic heterocycles. The van der Waals surface area contributed by atoms with E-state index in [0.29, 0.717) is 11.5 Å². The standard InChI is InChI=1S/C11H12BrN3O2S/c1-7-3-4-9(12)5-10(7)15-18(16,17)11-6-13-8(2)14-11/h3-6,15H,1-2H3,(H,13,14). The van der Waals surface area contributed by atoms with Crippen LogP contribution >= 0.6 is 15.9 Å². The van der Waals surface area contributed by atoms with Crippen molar-refractivity contribution >= 4 is 31.6 Å². The summed E-state index contributed by atoms with van der Waals surface area (Å²) in [5, 5.41) is 0.0550. The monoisotopic (exact) mass is 329 g/mol. The van der Waals surface area contributed by atoms with Gasteiger partial charge >= 0.3 is 0 Å². The quantitative estimate of drug-likeness (QED) is 0.908. The molecule has 0 fully saturated rings. The molecular formula is C11H12BrN3O2S. The number of aromatic nitrogens is 2. The Balaban J connectivity index is 2.36. The highest BCUT2D eigenvalue weighted by Gasteiger charge is 2.17. The fourth-order valence-corrected chi connectivity index (χ4v) is 2.89. The van der Waals surface area contributed by atoms with Crippen LogP contribution in [0.5, 0.6) is 0 Å². The number of H-pyrrole nitrogens is 1. The van der Waals surface area contributed by atoms with Gasteiger partial charge in [0, 0.05) is 4.47 Å². The van der Waals surface area contributed by atoms with Crippen molar-refractivity contribution < 1.29 is 8.42 Å². The van der Waals surface area contributed by atoms with Gasteiger partial charge in [-0.1, -0.05) is 22.0 Å². The third-order valence-corrected chi connectivity index (χ3v) is 4.18. The smallest absolute Gasteiger partial charge is 0.278 e. The minimum atomic E-state index is -3.62. The molecule has 5 nitrogen and oxygen atoms in total. The predicted octanol–water partition coefficient (Wildman–Crippen LogP) is 2.59. The zero-order valence-electron chi connectivity index (χ0n) is 9.86. The summed E-state index contributed by atoms with van der Waals surface area (Å²) in [6.07, 6.45) is 1.30. The van der Waals surface area contributed by atoms with E-state index in [1.54, 1.807) is 13.0 Å². The lowest BCUT2D eigenvalue weighted by Gasteiger charge is -2.09. The summed E-state index contributed by atoms with van der Waals surface area (Å²) in [6.45, 7) is 3.53. The highest BCUT2D eigenvalue weighted by atomic mass is 79.9. The van der Waals surface area contributed by atoms with Crippen molar-refractivity contribution in [1.82, 2.24) is 9.97 Å². The average molecular weight is 330 g/mol. The number of imidazole rings is 1. The minimum absolute atomic E-state index is 0.0550. The fourth-order valence-electron chi connectivity index (χ4n) is 1.44. The summed E-state index contributed by atoms with van der Waals surface area (Å²) < 4.78 is 27.5. The molecule has 0 saturated heterocycles. The molecule has 1 aromatic heterocycles. The van der Waals surface area contributed by atoms with Gasteiger partial charge in [0.05, 0.1) is 11.9 Å². The van der Waals surface area contributed by atoms with Crippen LogP contribution in [0.4, 0.5) is 5.69 Å². The Labute approximate surface area is 114 Å². The third-order valence-electron chi connectivity index (χ3n) is 2.41. The van der Waals surface area contributed by atoms with Crippen molar-refractivity contribution in [3.05, 3.63) is 40.3 Å². The second-order valence-electron chi connectivity index (χ2n) is 3.90. The van der Waals surface area contributed by atoms with E-state index < -0.39 is 10.0 Å². The number of anilines is 1. The molecule has 0 amide bonds. The van der Waals surface area contributed by atoms with E-state index in [4.69, 9.17) is 0 Å². The summed E-state index contributed by atoms with van der Waals surface area (Å²) >= 11 is 3.31. The van der Waals surface area contributed by atoms with E-state index in [2.05, 4.69) is 30.6 Å². The predicted molar refractivity (Wildman–Crippen MR) is 73.0 cm³/mol. The number of rotatable bonds is 3. The second kappa shape index (κ2) is 4.74. The molecule has 0 saturated carbocycles. The number of aromatic amines is 1. The largest absolute Gasteiger partial charge is 0.332 e. The number of nitrogens with one attached hydrogen (secondary N) is 2. The second-order valence-corrected chi connectivity index (χ2v) is 6.46. The number of hydrogen-bond acceptors (Lipinski definition) is 3. The van der Waals surface area contributed by atoms with Gasteiger partial charge in [-0.15, -0.1) is 0 Å². The van der Waals surface area contributed by atoms with Crippen LogP contribution in [0, 0.1) is 13.8 Å². The molecule has 2 aromatic rings. The minimum Gasteiger partial charge on any atom is -0.332 e. The van der Waals surface area contributed by atoms with Crippen molar-refractivity contribution in [1.29, 1.82) is 0 Å². The SMILES string of the molecule is Cc1ncc(S(=O)(=O)Nc2cc(Br)ccc2C)[nH]1. The van der Waals surface area contributed by atoms with Crippen molar-refractivity contribution in [3.63, 3.8) is 0 Å². The number of hydrogen-bond donors (Lipinski definition) is 2. The molecule has 0 radical (unpaired) electrons. The van der Waals surface area contributed by atoms with Crippen molar-refractivity contribution in [2.75, 3.05) is 4.72 Å². The molecule has 2 N–H and O–H groups in total. The van der Waals surface area contributed by atoms with Gasteiger partial charge in [-0.05, 0) is 31.5 Å². The molecule has 2 rings (SSSR count). The molecule has 1 heterocycles. The fraction of sp³-hybridized carbons (Fsp3) is 0.182. The number of aryl methyl sites for hydroxylation is 2. The Bertz CT molecular complexity index is 679. The van der Waals surface area contributed by atoms with Gasteiger partial charge in [-0.3, -0.25) is 4.72 Å². The summed E-state index contributed by atoms with van der Waals surface area (Å²) in [6, 6.07) is 5.41. The number of nitrogens with zero attached hydrogens (tertiary/aromatic N) is 1. The van der Waals surface area contributed by atoms with Crippen molar-refractivity contribution in [2.45, 2.75) is 18.9 Å². The lowest BCUT2D eigenvalue weighted by Crippen LogP contribution is -2.14. The Kier molecular flexibility index (Phi) is 3.45. The molecule has 7 heteroatoms. The molecule has 0 unspecified atom stereocenters. The van der Waals surface area contributed by atoms with Crippen LogP contribution in [-0.4, -0.2) is 18.4 Å². The van der Waals surface area contributed by atoms with E-state index in [1.807, 2.05) is 19.1 Å². The Morgan fingerprint density at radius 3 is 2.67 bits per heavy atom. The Hall–Kier alpha value is -1.34. The van der Waals surface area contributed by atoms with Gasteiger partial charge in [0.1, 0.15) is 5.82 Å². The van der Waals surface area contributed by atoms with Gasteiger partial charge in [0.15, 0.2) is 5.03 Å². The van der Waals surface area contributed by atoms with E-state index in [9.17, 15) is 8.42 Å². The Morgan fingerprint density at radius 2 is 2.06 bits per heavy atom. The zero-order valence-corrected chi connectivity index (χ0v) is 12.3. The van der Waals surface area contributed by atoms with Gasteiger partial charge < -0.3 is 4.98 Å². The van der Waals surface area contributed by atoms with Gasteiger partial charge in [-0.2, -0.15) is 8.42 Å². The first-order valence-electron chi connectivity index (χ1n) is 5.19. The number of sulfonamides is 1. The van der Waals surface area contributed by atoms with Crippen LogP contribution in [-0.2, 0) is 10.0 Å². The van der Waals surface area contributed by atoms with Crippen molar-refractivity contribution in [3.8, 4) is 0 Å². The first-order chi connectivity index (χ1) is 8.38. The normalized spacial score (nSPS) is 11.5. The van der Waals surface area contributed by atoms with Crippen LogP contribution in [0.25, 0.3) is 0 Å². The zero-order chi connectivity index (χ0) is 13.3. The summed E-state index contributed by atoms with van der Waals surface area (Å²) in [7, 11) is -3.62. The van der Waals surface area contributed by atoms with E-state index >= 15 is 0 Å². The maximum absolute atomic E-state index is 12.1. The molecule has 0 aliphatic rings. The van der Waals surface area contributed by atoms with E-state index in [-0.39, 0.29) is 5.03 Å². The maximum atomic E-state index is 12.1. The topological polar surface area (TPSA) is 74.8 Å². The number of benzene rings is 1. The van der Waals surface area contributed by atoms with Crippen LogP contribution in [0.3, 0.4) is 0 Å². The molecule has 0 atom stereocenters. The van der Waals surface area contributed by atoms with Crippen molar-refractivity contribution in [2.24, 2.45) is 0 Å². The molecule has 0 aliphatic carbocycles. The highest BCUT2D eigenvalue weighted by molar-refractivity contribution is 9.10. The van der Waals surface area contributed by atoms with Gasteiger partial charge in [0.25, 0.3) is 10.0 Å². The molecule has 0 spiro atoms. The van der Waals surface area contributed by atoms with Crippen LogP contribution < -0.4 is 4.72 Å². The van der Waals surface area contributed by atoms with E-state index in [0.717, 1.165) is 10.0 Å². The van der Waals surface area contributed by atoms with Crippen LogP contribution in [0.2, 0.25) is 0 Å². The maximum Gasteiger partial charge on any atom is 0.278 e. The Morgan fingerprint density at radius 1 is 1.33 bits per heavy atom. The summed E-state index contributed by atoms with van der Waals surface area (Å²) in [5.74, 6) is 0.557. The molecule has 0 bridgehead atoms. The van der Waals surface area contributed by atoms with E-state index in [1.165, 1.54) is 6.20 Å². The molecule has 96 valence electrons. The lowest BCUT2D eigenvalue weighted by molar-refractivity contribution is 0.598. The third kappa shape index (κ3) is 2.73. The summed E-state index contributed by atoms with van der Waals surface area (Å²) in [4.78, 5) is 6.58. The first kappa shape index (κ1) is 13.1. The molecule has 1 aromatic carbocycles. The van der Waals surface area contributed by atoms with Gasteiger partial charge in [-0.25, -0.2) is 4.98 Å². The lowest BCUT2D eigenvalue weighted by atomic mass is 10.2. The summed E-state index contributed by atoms with van der Waals surface area (Å²) in [5.41, 5.74) is 1.38. The number of halogens is 1. The molecule has 18 heavy (non-hydrogen) atoms. The van der Waals surface area contributed by atoms with Crippen LogP contribution in [0.15, 0.2) is 33.9 Å². The van der Waals surface area contributed by atoms with Gasteiger partial charge in [0.2, 0.25) is 0 Å². The molecular weight excluding hydrogens is 318 g/mol. The average Bonchev–Trinajstić information content (AvgIpc) is 2.71. The highest BCUT2D eigenvalue weighted by Crippen LogP contribution is 2.23.